The number of methoxy groups -OCH3 is 1. The summed E-state index contributed by atoms with van der Waals surface area (Å²) in [6, 6.07) is 12.3. The van der Waals surface area contributed by atoms with Gasteiger partial charge in [0.25, 0.3) is 0 Å². The molecular formula is C14H15NO. The zero-order valence-corrected chi connectivity index (χ0v) is 9.39. The Kier molecular flexibility index (Phi) is 3.54. The zero-order chi connectivity index (χ0) is 11.2. The Hall–Kier alpha value is -1.83. The molecule has 2 heteroatoms. The van der Waals surface area contributed by atoms with E-state index in [0.717, 1.165) is 18.6 Å². The molecule has 0 spiro atoms. The summed E-state index contributed by atoms with van der Waals surface area (Å²) in [4.78, 5) is 4.11. The van der Waals surface area contributed by atoms with Crippen LogP contribution in [0.4, 0.5) is 0 Å². The molecule has 0 aliphatic carbocycles. The second kappa shape index (κ2) is 5.31. The van der Waals surface area contributed by atoms with Crippen molar-refractivity contribution in [3.63, 3.8) is 0 Å². The van der Waals surface area contributed by atoms with Crippen LogP contribution >= 0.6 is 0 Å². The van der Waals surface area contributed by atoms with Crippen molar-refractivity contribution < 1.29 is 4.74 Å². The number of ether oxygens (including phenoxy) is 1. The maximum Gasteiger partial charge on any atom is 0.119 e. The molecule has 0 radical (unpaired) electrons. The van der Waals surface area contributed by atoms with E-state index < -0.39 is 0 Å². The van der Waals surface area contributed by atoms with E-state index in [1.165, 1.54) is 11.1 Å². The topological polar surface area (TPSA) is 22.1 Å². The predicted octanol–water partition coefficient (Wildman–Crippen LogP) is 2.88. The average Bonchev–Trinajstić information content (AvgIpc) is 2.38. The summed E-state index contributed by atoms with van der Waals surface area (Å²) < 4.78 is 5.19. The third kappa shape index (κ3) is 2.83. The largest absolute Gasteiger partial charge is 0.497 e. The highest BCUT2D eigenvalue weighted by atomic mass is 16.5. The lowest BCUT2D eigenvalue weighted by molar-refractivity contribution is 0.414. The highest BCUT2D eigenvalue weighted by Gasteiger charge is 1.97. The van der Waals surface area contributed by atoms with E-state index in [0.29, 0.717) is 0 Å². The first-order valence-electron chi connectivity index (χ1n) is 5.40. The van der Waals surface area contributed by atoms with Crippen LogP contribution in [-0.2, 0) is 12.8 Å². The minimum absolute atomic E-state index is 0.920. The van der Waals surface area contributed by atoms with Gasteiger partial charge in [-0.15, -0.1) is 0 Å². The van der Waals surface area contributed by atoms with Crippen LogP contribution in [0.2, 0.25) is 0 Å². The van der Waals surface area contributed by atoms with Crippen LogP contribution in [0.25, 0.3) is 0 Å². The first-order valence-corrected chi connectivity index (χ1v) is 5.40. The molecule has 2 nitrogen and oxygen atoms in total. The van der Waals surface area contributed by atoms with Crippen molar-refractivity contribution in [3.8, 4) is 5.75 Å². The van der Waals surface area contributed by atoms with E-state index >= 15 is 0 Å². The van der Waals surface area contributed by atoms with Gasteiger partial charge in [0.15, 0.2) is 0 Å². The van der Waals surface area contributed by atoms with Gasteiger partial charge in [-0.2, -0.15) is 0 Å². The van der Waals surface area contributed by atoms with Crippen molar-refractivity contribution in [2.75, 3.05) is 7.11 Å². The summed E-state index contributed by atoms with van der Waals surface area (Å²) in [5, 5.41) is 0. The van der Waals surface area contributed by atoms with Gasteiger partial charge in [0.2, 0.25) is 0 Å². The fourth-order valence-electron chi connectivity index (χ4n) is 1.66. The molecule has 2 aromatic rings. The molecule has 0 unspecified atom stereocenters. The van der Waals surface area contributed by atoms with E-state index in [2.05, 4.69) is 23.2 Å². The Balaban J connectivity index is 1.99. The van der Waals surface area contributed by atoms with Crippen LogP contribution < -0.4 is 4.74 Å². The minimum Gasteiger partial charge on any atom is -0.497 e. The normalized spacial score (nSPS) is 10.1. The molecule has 1 heterocycles. The van der Waals surface area contributed by atoms with Crippen LogP contribution in [0.1, 0.15) is 11.1 Å². The summed E-state index contributed by atoms with van der Waals surface area (Å²) >= 11 is 0. The van der Waals surface area contributed by atoms with Gasteiger partial charge in [-0.05, 0) is 42.2 Å². The SMILES string of the molecule is COc1cccc(CCc2cccnc2)c1. The van der Waals surface area contributed by atoms with Crippen molar-refractivity contribution in [2.24, 2.45) is 0 Å². The summed E-state index contributed by atoms with van der Waals surface area (Å²) in [6.07, 6.45) is 5.75. The van der Waals surface area contributed by atoms with Crippen molar-refractivity contribution in [1.82, 2.24) is 4.98 Å². The Labute approximate surface area is 95.9 Å². The maximum absolute atomic E-state index is 5.19. The van der Waals surface area contributed by atoms with E-state index in [1.807, 2.05) is 24.4 Å². The van der Waals surface area contributed by atoms with Crippen molar-refractivity contribution >= 4 is 0 Å². The third-order valence-electron chi connectivity index (χ3n) is 2.56. The summed E-state index contributed by atoms with van der Waals surface area (Å²) in [5.41, 5.74) is 2.56. The fourth-order valence-corrected chi connectivity index (χ4v) is 1.66. The standard InChI is InChI=1S/C14H15NO/c1-16-14-6-2-4-12(10-14)7-8-13-5-3-9-15-11-13/h2-6,9-11H,7-8H2,1H3. The lowest BCUT2D eigenvalue weighted by Crippen LogP contribution is -1.92. The molecule has 0 fully saturated rings. The monoisotopic (exact) mass is 213 g/mol. The predicted molar refractivity (Wildman–Crippen MR) is 64.6 cm³/mol. The number of nitrogens with zero attached hydrogens (tertiary/aromatic N) is 1. The van der Waals surface area contributed by atoms with E-state index in [9.17, 15) is 0 Å². The first-order chi connectivity index (χ1) is 7.88. The molecule has 0 bridgehead atoms. The Morgan fingerprint density at radius 1 is 1.06 bits per heavy atom. The molecule has 0 saturated carbocycles. The summed E-state index contributed by atoms with van der Waals surface area (Å²) in [5.74, 6) is 0.920. The van der Waals surface area contributed by atoms with Gasteiger partial charge in [0.1, 0.15) is 5.75 Å². The van der Waals surface area contributed by atoms with Crippen LogP contribution in [-0.4, -0.2) is 12.1 Å². The lowest BCUT2D eigenvalue weighted by atomic mass is 10.1. The summed E-state index contributed by atoms with van der Waals surface area (Å²) in [7, 11) is 1.69. The maximum atomic E-state index is 5.19. The molecule has 0 saturated heterocycles. The molecule has 0 aliphatic heterocycles. The second-order valence-corrected chi connectivity index (χ2v) is 3.71. The van der Waals surface area contributed by atoms with Crippen LogP contribution in [0.3, 0.4) is 0 Å². The van der Waals surface area contributed by atoms with Gasteiger partial charge in [-0.25, -0.2) is 0 Å². The Morgan fingerprint density at radius 3 is 2.62 bits per heavy atom. The van der Waals surface area contributed by atoms with Gasteiger partial charge in [-0.3, -0.25) is 4.98 Å². The van der Waals surface area contributed by atoms with E-state index in [4.69, 9.17) is 4.74 Å². The third-order valence-corrected chi connectivity index (χ3v) is 2.56. The first kappa shape index (κ1) is 10.7. The molecule has 16 heavy (non-hydrogen) atoms. The van der Waals surface area contributed by atoms with Crippen LogP contribution in [0.5, 0.6) is 5.75 Å². The Bertz CT molecular complexity index is 439. The van der Waals surface area contributed by atoms with Gasteiger partial charge in [0, 0.05) is 12.4 Å². The molecule has 0 atom stereocenters. The number of aryl methyl sites for hydroxylation is 2. The highest BCUT2D eigenvalue weighted by molar-refractivity contribution is 5.29. The fraction of sp³-hybridized carbons (Fsp3) is 0.214. The molecule has 1 aromatic carbocycles. The molecule has 0 aliphatic rings. The smallest absolute Gasteiger partial charge is 0.119 e. The quantitative estimate of drug-likeness (QED) is 0.779. The number of pyridine rings is 1. The number of hydrogen-bond acceptors (Lipinski definition) is 2. The van der Waals surface area contributed by atoms with Gasteiger partial charge in [0.05, 0.1) is 7.11 Å². The number of aromatic nitrogens is 1. The second-order valence-electron chi connectivity index (χ2n) is 3.71. The van der Waals surface area contributed by atoms with Crippen LogP contribution in [0.15, 0.2) is 48.8 Å². The van der Waals surface area contributed by atoms with Crippen molar-refractivity contribution in [1.29, 1.82) is 0 Å². The van der Waals surface area contributed by atoms with Gasteiger partial charge >= 0.3 is 0 Å². The molecule has 0 N–H and O–H groups in total. The Morgan fingerprint density at radius 2 is 1.88 bits per heavy atom. The van der Waals surface area contributed by atoms with Crippen molar-refractivity contribution in [3.05, 3.63) is 59.9 Å². The number of rotatable bonds is 4. The number of hydrogen-bond donors (Lipinski definition) is 0. The highest BCUT2D eigenvalue weighted by Crippen LogP contribution is 2.14. The van der Waals surface area contributed by atoms with Gasteiger partial charge in [-0.1, -0.05) is 18.2 Å². The summed E-state index contributed by atoms with van der Waals surface area (Å²) in [6.45, 7) is 0. The molecule has 82 valence electrons. The van der Waals surface area contributed by atoms with E-state index in [-0.39, 0.29) is 0 Å². The number of benzene rings is 1. The molecular weight excluding hydrogens is 198 g/mol. The lowest BCUT2D eigenvalue weighted by Gasteiger charge is -2.04. The minimum atomic E-state index is 0.920. The molecule has 0 amide bonds. The van der Waals surface area contributed by atoms with Crippen molar-refractivity contribution in [2.45, 2.75) is 12.8 Å². The molecule has 1 aromatic heterocycles. The molecule has 2 rings (SSSR count). The van der Waals surface area contributed by atoms with Crippen LogP contribution in [0, 0.1) is 0 Å². The average molecular weight is 213 g/mol. The van der Waals surface area contributed by atoms with Gasteiger partial charge < -0.3 is 4.74 Å². The van der Waals surface area contributed by atoms with E-state index in [1.54, 1.807) is 13.3 Å². The zero-order valence-electron chi connectivity index (χ0n) is 9.39.